The highest BCUT2D eigenvalue weighted by Crippen LogP contribution is 2.48. The summed E-state index contributed by atoms with van der Waals surface area (Å²) in [6, 6.07) is 6.25. The number of hydrogen-bond acceptors (Lipinski definition) is 3. The van der Waals surface area contributed by atoms with Gasteiger partial charge in [-0.1, -0.05) is 26.0 Å². The molecule has 0 aromatic heterocycles. The molecule has 5 nitrogen and oxygen atoms in total. The first-order valence-electron chi connectivity index (χ1n) is 7.00. The van der Waals surface area contributed by atoms with Crippen LogP contribution in [0.5, 0.6) is 0 Å². The zero-order chi connectivity index (χ0) is 15.8. The van der Waals surface area contributed by atoms with Crippen LogP contribution >= 0.6 is 0 Å². The average Bonchev–Trinajstić information content (AvgIpc) is 3.19. The molecule has 0 bridgehead atoms. The van der Waals surface area contributed by atoms with Crippen molar-refractivity contribution in [2.24, 2.45) is 5.92 Å². The van der Waals surface area contributed by atoms with Crippen LogP contribution in [0.2, 0.25) is 0 Å². The Morgan fingerprint density at radius 2 is 1.81 bits per heavy atom. The Morgan fingerprint density at radius 1 is 1.29 bits per heavy atom. The zero-order valence-electron chi connectivity index (χ0n) is 12.5. The van der Waals surface area contributed by atoms with Gasteiger partial charge in [-0.05, 0) is 36.5 Å². The Kier molecular flexibility index (Phi) is 4.13. The number of sulfonamides is 1. The SMILES string of the molecule is CC(C)CN(C)S(=O)(=O)c1ccc(C2(C(=O)O)CC2)cc1. The molecule has 1 N–H and O–H groups in total. The molecule has 0 saturated heterocycles. The highest BCUT2D eigenvalue weighted by molar-refractivity contribution is 7.89. The number of carboxylic acid groups (broad SMARTS) is 1. The highest BCUT2D eigenvalue weighted by Gasteiger charge is 2.51. The summed E-state index contributed by atoms with van der Waals surface area (Å²) in [5.74, 6) is -0.596. The Hall–Kier alpha value is -1.40. The van der Waals surface area contributed by atoms with E-state index in [1.54, 1.807) is 19.2 Å². The standard InChI is InChI=1S/C15H21NO4S/c1-11(2)10-16(3)21(19,20)13-6-4-12(5-7-13)15(8-9-15)14(17)18/h4-7,11H,8-10H2,1-3H3,(H,17,18). The van der Waals surface area contributed by atoms with Gasteiger partial charge in [-0.15, -0.1) is 0 Å². The van der Waals surface area contributed by atoms with E-state index in [1.165, 1.54) is 16.4 Å². The molecule has 1 aromatic rings. The third-order valence-electron chi connectivity index (χ3n) is 3.90. The van der Waals surface area contributed by atoms with Gasteiger partial charge in [0.05, 0.1) is 10.3 Å². The maximum absolute atomic E-state index is 12.4. The normalized spacial score (nSPS) is 17.2. The van der Waals surface area contributed by atoms with E-state index < -0.39 is 21.4 Å². The lowest BCUT2D eigenvalue weighted by Crippen LogP contribution is -2.30. The van der Waals surface area contributed by atoms with E-state index in [9.17, 15) is 18.3 Å². The maximum atomic E-state index is 12.4. The monoisotopic (exact) mass is 311 g/mol. The molecule has 116 valence electrons. The van der Waals surface area contributed by atoms with Crippen LogP contribution in [-0.2, 0) is 20.2 Å². The lowest BCUT2D eigenvalue weighted by molar-refractivity contribution is -0.140. The van der Waals surface area contributed by atoms with Gasteiger partial charge in [-0.2, -0.15) is 0 Å². The lowest BCUT2D eigenvalue weighted by Gasteiger charge is -2.19. The Bertz CT molecular complexity index is 630. The van der Waals surface area contributed by atoms with E-state index in [-0.39, 0.29) is 10.8 Å². The molecule has 0 heterocycles. The molecular weight excluding hydrogens is 290 g/mol. The minimum Gasteiger partial charge on any atom is -0.481 e. The molecule has 0 amide bonds. The van der Waals surface area contributed by atoms with Crippen molar-refractivity contribution in [3.8, 4) is 0 Å². The smallest absolute Gasteiger partial charge is 0.314 e. The molecule has 1 aliphatic carbocycles. The first-order valence-corrected chi connectivity index (χ1v) is 8.44. The molecule has 1 aromatic carbocycles. The summed E-state index contributed by atoms with van der Waals surface area (Å²) in [5.41, 5.74) is -0.118. The van der Waals surface area contributed by atoms with Gasteiger partial charge in [-0.3, -0.25) is 4.79 Å². The van der Waals surface area contributed by atoms with Gasteiger partial charge in [0.15, 0.2) is 0 Å². The Balaban J connectivity index is 2.25. The minimum absolute atomic E-state index is 0.204. The van der Waals surface area contributed by atoms with Gasteiger partial charge in [-0.25, -0.2) is 12.7 Å². The second-order valence-corrected chi connectivity index (χ2v) is 8.14. The van der Waals surface area contributed by atoms with Crippen molar-refractivity contribution < 1.29 is 18.3 Å². The summed E-state index contributed by atoms with van der Waals surface area (Å²) in [7, 11) is -1.95. The molecule has 0 aliphatic heterocycles. The molecule has 0 spiro atoms. The maximum Gasteiger partial charge on any atom is 0.314 e. The van der Waals surface area contributed by atoms with E-state index in [0.717, 1.165) is 0 Å². The van der Waals surface area contributed by atoms with Gasteiger partial charge in [0, 0.05) is 13.6 Å². The number of rotatable bonds is 6. The van der Waals surface area contributed by atoms with Crippen molar-refractivity contribution in [1.29, 1.82) is 0 Å². The van der Waals surface area contributed by atoms with Crippen molar-refractivity contribution in [3.05, 3.63) is 29.8 Å². The second kappa shape index (κ2) is 5.42. The summed E-state index contributed by atoms with van der Waals surface area (Å²) in [6.45, 7) is 4.36. The van der Waals surface area contributed by atoms with Crippen molar-refractivity contribution in [2.45, 2.75) is 37.0 Å². The van der Waals surface area contributed by atoms with Gasteiger partial charge in [0.25, 0.3) is 0 Å². The second-order valence-electron chi connectivity index (χ2n) is 6.09. The molecule has 1 saturated carbocycles. The molecule has 0 atom stereocenters. The van der Waals surface area contributed by atoms with Gasteiger partial charge in [0.1, 0.15) is 0 Å². The van der Waals surface area contributed by atoms with Crippen LogP contribution < -0.4 is 0 Å². The quantitative estimate of drug-likeness (QED) is 0.873. The highest BCUT2D eigenvalue weighted by atomic mass is 32.2. The van der Waals surface area contributed by atoms with E-state index >= 15 is 0 Å². The first kappa shape index (κ1) is 16.0. The number of aliphatic carboxylic acids is 1. The zero-order valence-corrected chi connectivity index (χ0v) is 13.4. The topological polar surface area (TPSA) is 74.7 Å². The molecule has 0 unspecified atom stereocenters. The van der Waals surface area contributed by atoms with Gasteiger partial charge < -0.3 is 5.11 Å². The predicted octanol–water partition coefficient (Wildman–Crippen LogP) is 2.08. The molecule has 0 radical (unpaired) electrons. The fourth-order valence-corrected chi connectivity index (χ4v) is 3.82. The largest absolute Gasteiger partial charge is 0.481 e. The summed E-state index contributed by atoms with van der Waals surface area (Å²) >= 11 is 0. The Morgan fingerprint density at radius 3 is 2.19 bits per heavy atom. The fourth-order valence-electron chi connectivity index (χ4n) is 2.49. The third-order valence-corrected chi connectivity index (χ3v) is 5.73. The number of hydrogen-bond donors (Lipinski definition) is 1. The van der Waals surface area contributed by atoms with Gasteiger partial charge >= 0.3 is 5.97 Å². The third kappa shape index (κ3) is 2.96. The van der Waals surface area contributed by atoms with Gasteiger partial charge in [0.2, 0.25) is 10.0 Å². The van der Waals surface area contributed by atoms with Crippen LogP contribution in [0.4, 0.5) is 0 Å². The van der Waals surface area contributed by atoms with Crippen molar-refractivity contribution in [1.82, 2.24) is 4.31 Å². The number of nitrogens with zero attached hydrogens (tertiary/aromatic N) is 1. The van der Waals surface area contributed by atoms with E-state index in [1.807, 2.05) is 13.8 Å². The predicted molar refractivity (Wildman–Crippen MR) is 79.6 cm³/mol. The van der Waals surface area contributed by atoms with Crippen LogP contribution in [0.15, 0.2) is 29.2 Å². The number of benzene rings is 1. The summed E-state index contributed by atoms with van der Waals surface area (Å²) < 4.78 is 26.1. The van der Waals surface area contributed by atoms with E-state index in [0.29, 0.717) is 24.9 Å². The summed E-state index contributed by atoms with van der Waals surface area (Å²) in [6.07, 6.45) is 1.23. The average molecular weight is 311 g/mol. The van der Waals surface area contributed by atoms with Crippen molar-refractivity contribution >= 4 is 16.0 Å². The van der Waals surface area contributed by atoms with Crippen LogP contribution in [0, 0.1) is 5.92 Å². The van der Waals surface area contributed by atoms with E-state index in [4.69, 9.17) is 0 Å². The molecular formula is C15H21NO4S. The number of carboxylic acids is 1. The van der Waals surface area contributed by atoms with Crippen molar-refractivity contribution in [3.63, 3.8) is 0 Å². The lowest BCUT2D eigenvalue weighted by atomic mass is 9.96. The minimum atomic E-state index is -3.51. The number of carbonyl (C=O) groups is 1. The molecule has 21 heavy (non-hydrogen) atoms. The Labute approximate surface area is 125 Å². The summed E-state index contributed by atoms with van der Waals surface area (Å²) in [4.78, 5) is 11.5. The van der Waals surface area contributed by atoms with Crippen LogP contribution in [0.1, 0.15) is 32.3 Å². The summed E-state index contributed by atoms with van der Waals surface area (Å²) in [5, 5.41) is 9.25. The van der Waals surface area contributed by atoms with Crippen LogP contribution in [0.25, 0.3) is 0 Å². The van der Waals surface area contributed by atoms with Crippen LogP contribution in [-0.4, -0.2) is 37.4 Å². The molecule has 1 aliphatic rings. The molecule has 2 rings (SSSR count). The van der Waals surface area contributed by atoms with Crippen molar-refractivity contribution in [2.75, 3.05) is 13.6 Å². The van der Waals surface area contributed by atoms with E-state index in [2.05, 4.69) is 0 Å². The molecule has 1 fully saturated rings. The fraction of sp³-hybridized carbons (Fsp3) is 0.533. The first-order chi connectivity index (χ1) is 9.70. The molecule has 6 heteroatoms. The van der Waals surface area contributed by atoms with Crippen LogP contribution in [0.3, 0.4) is 0 Å².